The summed E-state index contributed by atoms with van der Waals surface area (Å²) in [6, 6.07) is 13.9. The molecule has 1 N–H and O–H groups in total. The fraction of sp³-hybridized carbons (Fsp3) is 0.208. The number of nitrogens with one attached hydrogen (secondary N) is 1. The van der Waals surface area contributed by atoms with Gasteiger partial charge in [0, 0.05) is 16.5 Å². The van der Waals surface area contributed by atoms with Crippen LogP contribution in [0.3, 0.4) is 0 Å². The first-order valence-electron chi connectivity index (χ1n) is 9.89. The van der Waals surface area contributed by atoms with Gasteiger partial charge in [0.1, 0.15) is 22.1 Å². The molecule has 0 saturated heterocycles. The van der Waals surface area contributed by atoms with Crippen LogP contribution in [-0.2, 0) is 9.53 Å². The van der Waals surface area contributed by atoms with Gasteiger partial charge in [0.25, 0.3) is 5.91 Å². The highest BCUT2D eigenvalue weighted by Gasteiger charge is 2.23. The predicted molar refractivity (Wildman–Crippen MR) is 123 cm³/mol. The molecule has 0 spiro atoms. The molecule has 0 saturated carbocycles. The third-order valence-electron chi connectivity index (χ3n) is 4.54. The summed E-state index contributed by atoms with van der Waals surface area (Å²) in [4.78, 5) is 36.7. The first-order chi connectivity index (χ1) is 15.4. The highest BCUT2D eigenvalue weighted by Crippen LogP contribution is 2.36. The lowest BCUT2D eigenvalue weighted by atomic mass is 10.0. The molecule has 0 radical (unpaired) electrons. The van der Waals surface area contributed by atoms with Crippen molar-refractivity contribution in [3.05, 3.63) is 65.0 Å². The summed E-state index contributed by atoms with van der Waals surface area (Å²) in [5.41, 5.74) is 2.23. The maximum Gasteiger partial charge on any atom is 0.341 e. The summed E-state index contributed by atoms with van der Waals surface area (Å²) >= 11 is 1.23. The van der Waals surface area contributed by atoms with Crippen LogP contribution in [0.15, 0.2) is 53.9 Å². The summed E-state index contributed by atoms with van der Waals surface area (Å²) in [6.45, 7) is 3.11. The molecular weight excluding hydrogens is 430 g/mol. The van der Waals surface area contributed by atoms with Crippen molar-refractivity contribution in [1.29, 1.82) is 0 Å². The van der Waals surface area contributed by atoms with Crippen molar-refractivity contribution in [1.82, 2.24) is 0 Å². The van der Waals surface area contributed by atoms with E-state index in [0.29, 0.717) is 27.6 Å². The van der Waals surface area contributed by atoms with Crippen LogP contribution in [0.5, 0.6) is 11.5 Å². The lowest BCUT2D eigenvalue weighted by Gasteiger charge is -2.10. The van der Waals surface area contributed by atoms with Crippen LogP contribution in [-0.4, -0.2) is 38.0 Å². The first-order valence-corrected chi connectivity index (χ1v) is 10.8. The minimum Gasteiger partial charge on any atom is -0.497 e. The van der Waals surface area contributed by atoms with Gasteiger partial charge in [-0.15, -0.1) is 11.3 Å². The molecule has 166 valence electrons. The Balaban J connectivity index is 1.78. The predicted octanol–water partition coefficient (Wildman–Crippen LogP) is 4.82. The molecule has 1 heterocycles. The summed E-state index contributed by atoms with van der Waals surface area (Å²) in [5.74, 6) is 0.0465. The summed E-state index contributed by atoms with van der Waals surface area (Å²) in [6.07, 6.45) is 0. The quantitative estimate of drug-likeness (QED) is 0.369. The number of methoxy groups -OCH3 is 1. The van der Waals surface area contributed by atoms with Crippen molar-refractivity contribution in [2.24, 2.45) is 0 Å². The topological polar surface area (TPSA) is 90.9 Å². The monoisotopic (exact) mass is 453 g/mol. The van der Waals surface area contributed by atoms with Crippen LogP contribution in [0.25, 0.3) is 11.1 Å². The van der Waals surface area contributed by atoms with Crippen molar-refractivity contribution in [3.8, 4) is 22.6 Å². The van der Waals surface area contributed by atoms with E-state index in [1.54, 1.807) is 55.8 Å². The van der Waals surface area contributed by atoms with Gasteiger partial charge >= 0.3 is 5.97 Å². The van der Waals surface area contributed by atoms with E-state index in [1.165, 1.54) is 18.3 Å². The number of carbonyl (C=O) groups is 3. The number of benzene rings is 2. The molecule has 8 heteroatoms. The van der Waals surface area contributed by atoms with Crippen molar-refractivity contribution in [2.45, 2.75) is 13.8 Å². The van der Waals surface area contributed by atoms with Crippen LogP contribution < -0.4 is 14.8 Å². The zero-order valence-corrected chi connectivity index (χ0v) is 18.8. The molecule has 3 aromatic rings. The Bertz CT molecular complexity index is 1120. The summed E-state index contributed by atoms with van der Waals surface area (Å²) in [5, 5.41) is 4.90. The number of Topliss-reactive ketones (excluding diaryl/α,β-unsaturated/α-hetero) is 1. The molecule has 1 aromatic heterocycles. The maximum atomic E-state index is 12.7. The van der Waals surface area contributed by atoms with E-state index in [9.17, 15) is 14.4 Å². The van der Waals surface area contributed by atoms with Crippen LogP contribution in [0, 0.1) is 0 Å². The Morgan fingerprint density at radius 3 is 2.44 bits per heavy atom. The molecule has 2 aromatic carbocycles. The molecule has 1 amide bonds. The van der Waals surface area contributed by atoms with Gasteiger partial charge < -0.3 is 19.5 Å². The number of rotatable bonds is 9. The number of carbonyl (C=O) groups excluding carboxylic acids is 3. The fourth-order valence-electron chi connectivity index (χ4n) is 2.96. The van der Waals surface area contributed by atoms with E-state index < -0.39 is 11.9 Å². The van der Waals surface area contributed by atoms with E-state index in [1.807, 2.05) is 12.1 Å². The molecule has 32 heavy (non-hydrogen) atoms. The fourth-order valence-corrected chi connectivity index (χ4v) is 3.93. The minimum atomic E-state index is -0.523. The number of ketones is 1. The molecule has 7 nitrogen and oxygen atoms in total. The highest BCUT2D eigenvalue weighted by atomic mass is 32.1. The number of ether oxygens (including phenoxy) is 3. The molecule has 0 aliphatic heterocycles. The van der Waals surface area contributed by atoms with Crippen molar-refractivity contribution in [2.75, 3.05) is 25.6 Å². The van der Waals surface area contributed by atoms with Gasteiger partial charge in [-0.3, -0.25) is 9.59 Å². The van der Waals surface area contributed by atoms with Gasteiger partial charge in [0.2, 0.25) is 0 Å². The first kappa shape index (κ1) is 23.0. The minimum absolute atomic E-state index is 0.0939. The number of esters is 1. The maximum absolute atomic E-state index is 12.7. The van der Waals surface area contributed by atoms with E-state index >= 15 is 0 Å². The molecule has 0 fully saturated rings. The molecule has 0 atom stereocenters. The molecule has 3 rings (SSSR count). The standard InChI is InChI=1S/C24H23NO6S/c1-4-30-24(28)22-20(16-8-10-18(29-3)11-9-16)14-32-23(22)25-21(27)13-31-19-7-5-6-17(12-19)15(2)26/h5-12,14H,4,13H2,1-3H3,(H,25,27). The Morgan fingerprint density at radius 1 is 1.03 bits per heavy atom. The van der Waals surface area contributed by atoms with Gasteiger partial charge in [-0.2, -0.15) is 0 Å². The van der Waals surface area contributed by atoms with Gasteiger partial charge in [0.15, 0.2) is 12.4 Å². The SMILES string of the molecule is CCOC(=O)c1c(-c2ccc(OC)cc2)csc1NC(=O)COc1cccc(C(C)=O)c1. The number of anilines is 1. The molecule has 0 bridgehead atoms. The zero-order chi connectivity index (χ0) is 23.1. The lowest BCUT2D eigenvalue weighted by molar-refractivity contribution is -0.118. The van der Waals surface area contributed by atoms with Crippen molar-refractivity contribution in [3.63, 3.8) is 0 Å². The van der Waals surface area contributed by atoms with Crippen LogP contribution >= 0.6 is 11.3 Å². The Hall–Kier alpha value is -3.65. The molecule has 0 aliphatic rings. The van der Waals surface area contributed by atoms with Gasteiger partial charge in [-0.25, -0.2) is 4.79 Å². The normalized spacial score (nSPS) is 10.3. The third-order valence-corrected chi connectivity index (χ3v) is 5.43. The van der Waals surface area contributed by atoms with E-state index in [-0.39, 0.29) is 24.6 Å². The average molecular weight is 454 g/mol. The van der Waals surface area contributed by atoms with Crippen LogP contribution in [0.1, 0.15) is 34.6 Å². The Labute approximate surface area is 189 Å². The second-order valence-corrected chi connectivity index (χ2v) is 7.60. The second kappa shape index (κ2) is 10.6. The molecule has 0 unspecified atom stereocenters. The lowest BCUT2D eigenvalue weighted by Crippen LogP contribution is -2.21. The molecule has 0 aliphatic carbocycles. The number of amides is 1. The average Bonchev–Trinajstić information content (AvgIpc) is 3.21. The van der Waals surface area contributed by atoms with Crippen molar-refractivity contribution >= 4 is 34.0 Å². The van der Waals surface area contributed by atoms with E-state index in [4.69, 9.17) is 14.2 Å². The number of hydrogen-bond acceptors (Lipinski definition) is 7. The van der Waals surface area contributed by atoms with E-state index in [0.717, 1.165) is 5.56 Å². The van der Waals surface area contributed by atoms with Gasteiger partial charge in [0.05, 0.1) is 13.7 Å². The van der Waals surface area contributed by atoms with Gasteiger partial charge in [-0.05, 0) is 43.7 Å². The zero-order valence-electron chi connectivity index (χ0n) is 18.0. The van der Waals surface area contributed by atoms with E-state index in [2.05, 4.69) is 5.32 Å². The van der Waals surface area contributed by atoms with Crippen LogP contribution in [0.2, 0.25) is 0 Å². The third kappa shape index (κ3) is 5.53. The largest absolute Gasteiger partial charge is 0.497 e. The van der Waals surface area contributed by atoms with Crippen LogP contribution in [0.4, 0.5) is 5.00 Å². The van der Waals surface area contributed by atoms with Crippen molar-refractivity contribution < 1.29 is 28.6 Å². The molecular formula is C24H23NO6S. The number of hydrogen-bond donors (Lipinski definition) is 1. The summed E-state index contributed by atoms with van der Waals surface area (Å²) < 4.78 is 15.9. The Kier molecular flexibility index (Phi) is 7.62. The summed E-state index contributed by atoms with van der Waals surface area (Å²) in [7, 11) is 1.58. The van der Waals surface area contributed by atoms with Gasteiger partial charge in [-0.1, -0.05) is 24.3 Å². The smallest absolute Gasteiger partial charge is 0.341 e. The number of thiophene rings is 1. The highest BCUT2D eigenvalue weighted by molar-refractivity contribution is 7.15. The second-order valence-electron chi connectivity index (χ2n) is 6.72. The Morgan fingerprint density at radius 2 is 1.78 bits per heavy atom.